The van der Waals surface area contributed by atoms with E-state index in [1.54, 1.807) is 56.3 Å². The smallest absolute Gasteiger partial charge is 0.318 e. The molecular formula is C18H19N3O4S. The number of benzene rings is 1. The van der Waals surface area contributed by atoms with E-state index in [1.165, 1.54) is 12.1 Å². The lowest BCUT2D eigenvalue weighted by atomic mass is 10.2. The first-order chi connectivity index (χ1) is 12.3. The van der Waals surface area contributed by atoms with Crippen LogP contribution in [0.25, 0.3) is 0 Å². The number of rotatable bonds is 4. The topological polar surface area (TPSA) is 88.1 Å². The van der Waals surface area contributed by atoms with Gasteiger partial charge in [0.2, 0.25) is 21.7 Å². The van der Waals surface area contributed by atoms with Gasteiger partial charge in [0.1, 0.15) is 0 Å². The molecule has 1 aromatic carbocycles. The van der Waals surface area contributed by atoms with Crippen molar-refractivity contribution in [3.05, 3.63) is 65.7 Å². The molecule has 0 bridgehead atoms. The Hall–Kier alpha value is -2.71. The van der Waals surface area contributed by atoms with Gasteiger partial charge in [-0.15, -0.1) is 0 Å². The SMILES string of the molecule is CC(C)NS(=O)(=O)c1ccc(C2=NC(=O)C(=C3C=CC=CN3C)O2)cc1. The second-order valence-electron chi connectivity index (χ2n) is 6.15. The van der Waals surface area contributed by atoms with Crippen LogP contribution < -0.4 is 4.72 Å². The summed E-state index contributed by atoms with van der Waals surface area (Å²) in [5.41, 5.74) is 1.13. The molecule has 0 spiro atoms. The minimum absolute atomic E-state index is 0.138. The maximum atomic E-state index is 12.2. The summed E-state index contributed by atoms with van der Waals surface area (Å²) in [4.78, 5) is 18.0. The first kappa shape index (κ1) is 18.1. The van der Waals surface area contributed by atoms with E-state index >= 15 is 0 Å². The highest BCUT2D eigenvalue weighted by atomic mass is 32.2. The third-order valence-corrected chi connectivity index (χ3v) is 5.36. The number of nitrogens with zero attached hydrogens (tertiary/aromatic N) is 2. The van der Waals surface area contributed by atoms with E-state index in [1.807, 2.05) is 6.08 Å². The van der Waals surface area contributed by atoms with Crippen LogP contribution in [0, 0.1) is 0 Å². The molecule has 0 radical (unpaired) electrons. The Morgan fingerprint density at radius 3 is 2.46 bits per heavy atom. The van der Waals surface area contributed by atoms with Crippen LogP contribution >= 0.6 is 0 Å². The van der Waals surface area contributed by atoms with Crippen molar-refractivity contribution in [3.63, 3.8) is 0 Å². The lowest BCUT2D eigenvalue weighted by molar-refractivity contribution is -0.115. The van der Waals surface area contributed by atoms with Crippen LogP contribution in [-0.2, 0) is 19.6 Å². The van der Waals surface area contributed by atoms with Crippen molar-refractivity contribution in [2.75, 3.05) is 7.05 Å². The molecular weight excluding hydrogens is 354 g/mol. The average Bonchev–Trinajstić information content (AvgIpc) is 2.96. The van der Waals surface area contributed by atoms with Gasteiger partial charge in [0.05, 0.1) is 10.6 Å². The van der Waals surface area contributed by atoms with Gasteiger partial charge in [0.15, 0.2) is 0 Å². The molecule has 1 N–H and O–H groups in total. The summed E-state index contributed by atoms with van der Waals surface area (Å²) in [6.45, 7) is 3.50. The quantitative estimate of drug-likeness (QED) is 0.815. The first-order valence-corrected chi connectivity index (χ1v) is 9.52. The number of allylic oxidation sites excluding steroid dienone is 3. The summed E-state index contributed by atoms with van der Waals surface area (Å²) in [7, 11) is -1.77. The number of carbonyl (C=O) groups is 1. The average molecular weight is 373 g/mol. The Kier molecular flexibility index (Phi) is 4.80. The fourth-order valence-electron chi connectivity index (χ4n) is 2.51. The first-order valence-electron chi connectivity index (χ1n) is 8.03. The molecule has 0 atom stereocenters. The molecule has 136 valence electrons. The van der Waals surface area contributed by atoms with E-state index in [9.17, 15) is 13.2 Å². The van der Waals surface area contributed by atoms with Crippen LogP contribution in [-0.4, -0.2) is 38.2 Å². The third kappa shape index (κ3) is 3.61. The molecule has 0 aliphatic carbocycles. The predicted octanol–water partition coefficient (Wildman–Crippen LogP) is 1.90. The largest absolute Gasteiger partial charge is 0.430 e. The number of sulfonamides is 1. The number of nitrogens with one attached hydrogen (secondary N) is 1. The van der Waals surface area contributed by atoms with Crippen molar-refractivity contribution >= 4 is 21.8 Å². The summed E-state index contributed by atoms with van der Waals surface area (Å²) in [6.07, 6.45) is 7.21. The summed E-state index contributed by atoms with van der Waals surface area (Å²) >= 11 is 0. The van der Waals surface area contributed by atoms with Crippen LogP contribution in [0.3, 0.4) is 0 Å². The molecule has 7 nitrogen and oxygen atoms in total. The minimum Gasteiger partial charge on any atom is -0.430 e. The van der Waals surface area contributed by atoms with Crippen molar-refractivity contribution in [1.29, 1.82) is 0 Å². The van der Waals surface area contributed by atoms with Gasteiger partial charge in [-0.3, -0.25) is 4.79 Å². The Labute approximate surface area is 152 Å². The fraction of sp³-hybridized carbons (Fsp3) is 0.222. The van der Waals surface area contributed by atoms with E-state index in [0.717, 1.165) is 0 Å². The summed E-state index contributed by atoms with van der Waals surface area (Å²) in [5.74, 6) is -0.184. The number of carbonyl (C=O) groups excluding carboxylic acids is 1. The van der Waals surface area contributed by atoms with Gasteiger partial charge in [-0.05, 0) is 50.3 Å². The molecule has 1 aromatic rings. The van der Waals surface area contributed by atoms with E-state index in [0.29, 0.717) is 11.3 Å². The Bertz CT molecular complexity index is 955. The molecule has 2 heterocycles. The van der Waals surface area contributed by atoms with Crippen molar-refractivity contribution in [3.8, 4) is 0 Å². The van der Waals surface area contributed by atoms with E-state index in [2.05, 4.69) is 9.71 Å². The van der Waals surface area contributed by atoms with Crippen molar-refractivity contribution in [1.82, 2.24) is 9.62 Å². The molecule has 2 aliphatic heterocycles. The summed E-state index contributed by atoms with van der Waals surface area (Å²) in [6, 6.07) is 5.83. The van der Waals surface area contributed by atoms with Crippen molar-refractivity contribution in [2.24, 2.45) is 4.99 Å². The zero-order chi connectivity index (χ0) is 18.9. The number of hydrogen-bond acceptors (Lipinski definition) is 5. The highest BCUT2D eigenvalue weighted by Crippen LogP contribution is 2.24. The summed E-state index contributed by atoms with van der Waals surface area (Å²) < 4.78 is 32.5. The molecule has 0 saturated carbocycles. The number of ether oxygens (including phenoxy) is 1. The van der Waals surface area contributed by atoms with Crippen LogP contribution in [0.1, 0.15) is 19.4 Å². The second-order valence-corrected chi connectivity index (χ2v) is 7.86. The monoisotopic (exact) mass is 373 g/mol. The third-order valence-electron chi connectivity index (χ3n) is 3.69. The molecule has 0 unspecified atom stereocenters. The Balaban J connectivity index is 1.84. The lowest BCUT2D eigenvalue weighted by Gasteiger charge is -2.18. The van der Waals surface area contributed by atoms with Crippen LogP contribution in [0.5, 0.6) is 0 Å². The number of amides is 1. The molecule has 1 amide bonds. The summed E-state index contributed by atoms with van der Waals surface area (Å²) in [5, 5.41) is 0. The Morgan fingerprint density at radius 1 is 1.15 bits per heavy atom. The molecule has 0 fully saturated rings. The van der Waals surface area contributed by atoms with Gasteiger partial charge >= 0.3 is 5.91 Å². The second kappa shape index (κ2) is 6.89. The highest BCUT2D eigenvalue weighted by molar-refractivity contribution is 7.89. The molecule has 2 aliphatic rings. The van der Waals surface area contributed by atoms with Crippen LogP contribution in [0.4, 0.5) is 0 Å². The van der Waals surface area contributed by atoms with E-state index < -0.39 is 15.9 Å². The molecule has 0 aromatic heterocycles. The molecule has 0 saturated heterocycles. The van der Waals surface area contributed by atoms with E-state index in [4.69, 9.17) is 4.74 Å². The number of aliphatic imine (C=N–C) groups is 1. The number of likely N-dealkylation sites (N-methyl/N-ethyl adjacent to an activating group) is 1. The maximum absolute atomic E-state index is 12.2. The number of hydrogen-bond donors (Lipinski definition) is 1. The van der Waals surface area contributed by atoms with Gasteiger partial charge in [-0.2, -0.15) is 4.99 Å². The van der Waals surface area contributed by atoms with E-state index in [-0.39, 0.29) is 22.6 Å². The standard InChI is InChI=1S/C18H19N3O4S/c1-12(2)20-26(23,24)14-9-7-13(8-10-14)18-19-17(22)16(25-18)15-6-4-5-11-21(15)3/h4-12,20H,1-3H3. The lowest BCUT2D eigenvalue weighted by Crippen LogP contribution is -2.30. The van der Waals surface area contributed by atoms with Gasteiger partial charge in [0, 0.05) is 24.9 Å². The van der Waals surface area contributed by atoms with Gasteiger partial charge in [0.25, 0.3) is 0 Å². The van der Waals surface area contributed by atoms with Crippen molar-refractivity contribution in [2.45, 2.75) is 24.8 Å². The minimum atomic E-state index is -3.58. The van der Waals surface area contributed by atoms with Crippen LogP contribution in [0.15, 0.2) is 70.0 Å². The molecule has 26 heavy (non-hydrogen) atoms. The highest BCUT2D eigenvalue weighted by Gasteiger charge is 2.28. The van der Waals surface area contributed by atoms with Gasteiger partial charge < -0.3 is 9.64 Å². The van der Waals surface area contributed by atoms with Crippen molar-refractivity contribution < 1.29 is 17.9 Å². The molecule has 3 rings (SSSR count). The zero-order valence-electron chi connectivity index (χ0n) is 14.6. The Morgan fingerprint density at radius 2 is 1.85 bits per heavy atom. The maximum Gasteiger partial charge on any atom is 0.318 e. The molecule has 8 heteroatoms. The fourth-order valence-corrected chi connectivity index (χ4v) is 3.76. The predicted molar refractivity (Wildman–Crippen MR) is 97.6 cm³/mol. The zero-order valence-corrected chi connectivity index (χ0v) is 15.4. The van der Waals surface area contributed by atoms with Gasteiger partial charge in [-0.25, -0.2) is 13.1 Å². The normalized spacial score (nSPS) is 19.9. The van der Waals surface area contributed by atoms with Crippen LogP contribution in [0.2, 0.25) is 0 Å². The van der Waals surface area contributed by atoms with Gasteiger partial charge in [-0.1, -0.05) is 6.08 Å².